The summed E-state index contributed by atoms with van der Waals surface area (Å²) in [6.07, 6.45) is -2.01. The van der Waals surface area contributed by atoms with E-state index in [1.807, 2.05) is 0 Å². The molecule has 0 radical (unpaired) electrons. The van der Waals surface area contributed by atoms with Gasteiger partial charge in [0.2, 0.25) is 6.16 Å². The van der Waals surface area contributed by atoms with Gasteiger partial charge < -0.3 is 33.9 Å². The van der Waals surface area contributed by atoms with Gasteiger partial charge in [-0.1, -0.05) is 12.2 Å². The Morgan fingerprint density at radius 1 is 1.15 bits per heavy atom. The summed E-state index contributed by atoms with van der Waals surface area (Å²) in [5.41, 5.74) is 0. The van der Waals surface area contributed by atoms with E-state index in [1.165, 1.54) is 12.2 Å². The lowest BCUT2D eigenvalue weighted by Crippen LogP contribution is -2.55. The maximum Gasteiger partial charge on any atom is 0.216 e. The molecule has 0 bridgehead atoms. The highest BCUT2D eigenvalue weighted by Gasteiger charge is 2.49. The molecule has 0 spiro atoms. The minimum Gasteiger partial charge on any atom is -0.782 e. The molecule has 2 fully saturated rings. The first kappa shape index (κ1) is 15.6. The Labute approximate surface area is 117 Å². The van der Waals surface area contributed by atoms with Crippen LogP contribution in [0.3, 0.4) is 0 Å². The van der Waals surface area contributed by atoms with Crippen LogP contribution in [0.4, 0.5) is 0 Å². The zero-order valence-electron chi connectivity index (χ0n) is 11.1. The van der Waals surface area contributed by atoms with Gasteiger partial charge in [0.1, 0.15) is 24.4 Å². The quantitative estimate of drug-likeness (QED) is 0.448. The summed E-state index contributed by atoms with van der Waals surface area (Å²) < 4.78 is 26.0. The van der Waals surface area contributed by atoms with Crippen molar-refractivity contribution in [3.05, 3.63) is 25.3 Å². The van der Waals surface area contributed by atoms with Crippen LogP contribution in [0, 0.1) is 0 Å². The largest absolute Gasteiger partial charge is 0.782 e. The molecule has 2 unspecified atom stereocenters. The Hall–Kier alpha value is -0.800. The average molecular weight is 287 g/mol. The van der Waals surface area contributed by atoms with Crippen molar-refractivity contribution >= 4 is 0 Å². The third-order valence-electron chi connectivity index (χ3n) is 3.03. The Kier molecular flexibility index (Phi) is 5.28. The van der Waals surface area contributed by atoms with E-state index in [0.29, 0.717) is 0 Å². The lowest BCUT2D eigenvalue weighted by atomic mass is 10.1. The van der Waals surface area contributed by atoms with Crippen LogP contribution in [-0.2, 0) is 23.7 Å². The number of hydrogen-bond acceptors (Lipinski definition) is 7. The van der Waals surface area contributed by atoms with Gasteiger partial charge in [-0.2, -0.15) is 0 Å². The normalized spacial score (nSPS) is 33.1. The summed E-state index contributed by atoms with van der Waals surface area (Å²) in [5, 5.41) is 21.9. The second-order valence-corrected chi connectivity index (χ2v) is 4.52. The van der Waals surface area contributed by atoms with Crippen molar-refractivity contribution in [1.82, 2.24) is 0 Å². The number of fused-ring (bicyclic) bond motifs is 1. The maximum atomic E-state index is 12.3. The predicted molar refractivity (Wildman–Crippen MR) is 65.4 cm³/mol. The molecule has 0 aromatic rings. The smallest absolute Gasteiger partial charge is 0.216 e. The summed E-state index contributed by atoms with van der Waals surface area (Å²) in [6.45, 7) is 7.16. The van der Waals surface area contributed by atoms with Crippen LogP contribution >= 0.6 is 0 Å². The SMILES string of the molecule is C=CCOC([O-])(OCC=C)OC1CO[C@@H]2C(O)CO[C@H]12. The molecule has 2 aliphatic heterocycles. The highest BCUT2D eigenvalue weighted by molar-refractivity contribution is 4.95. The fraction of sp³-hybridized carbons (Fsp3) is 0.692. The molecule has 4 atom stereocenters. The molecule has 2 aliphatic rings. The standard InChI is InChI=1S/C13H19O7/c1-3-5-18-13(15,19-6-4-2)20-10-8-17-11-9(14)7-16-12(10)11/h3-4,9-12,14H,1-2,5-8H2/q-1/t9?,10?,11-,12-/m1/s1. The molecular formula is C13H19O7-. The molecule has 0 aromatic carbocycles. The molecule has 0 amide bonds. The summed E-state index contributed by atoms with van der Waals surface area (Å²) in [6, 6.07) is 0. The molecule has 2 heterocycles. The summed E-state index contributed by atoms with van der Waals surface area (Å²) in [7, 11) is 0. The second-order valence-electron chi connectivity index (χ2n) is 4.52. The molecule has 2 rings (SSSR count). The van der Waals surface area contributed by atoms with E-state index >= 15 is 0 Å². The molecule has 0 aliphatic carbocycles. The van der Waals surface area contributed by atoms with Gasteiger partial charge in [-0.05, 0) is 0 Å². The van der Waals surface area contributed by atoms with Crippen molar-refractivity contribution in [3.63, 3.8) is 0 Å². The molecule has 20 heavy (non-hydrogen) atoms. The van der Waals surface area contributed by atoms with Gasteiger partial charge in [-0.25, -0.2) is 0 Å². The summed E-state index contributed by atoms with van der Waals surface area (Å²) in [5.74, 6) is 0. The molecule has 7 heteroatoms. The third kappa shape index (κ3) is 3.44. The first-order chi connectivity index (χ1) is 9.59. The Balaban J connectivity index is 1.96. The van der Waals surface area contributed by atoms with Crippen LogP contribution in [0.2, 0.25) is 0 Å². The van der Waals surface area contributed by atoms with Crippen LogP contribution in [0.5, 0.6) is 0 Å². The number of aliphatic hydroxyl groups is 1. The van der Waals surface area contributed by atoms with Crippen molar-refractivity contribution in [2.24, 2.45) is 0 Å². The molecule has 0 saturated carbocycles. The molecule has 0 aromatic heterocycles. The van der Waals surface area contributed by atoms with E-state index in [0.717, 1.165) is 0 Å². The number of hydrogen-bond donors (Lipinski definition) is 1. The van der Waals surface area contributed by atoms with Gasteiger partial charge in [0.05, 0.1) is 26.4 Å². The summed E-state index contributed by atoms with van der Waals surface area (Å²) in [4.78, 5) is 0. The number of ether oxygens (including phenoxy) is 5. The topological polar surface area (TPSA) is 89.4 Å². The van der Waals surface area contributed by atoms with Crippen molar-refractivity contribution < 1.29 is 33.9 Å². The zero-order chi connectivity index (χ0) is 14.6. The first-order valence-corrected chi connectivity index (χ1v) is 6.39. The van der Waals surface area contributed by atoms with Crippen molar-refractivity contribution in [3.8, 4) is 0 Å². The van der Waals surface area contributed by atoms with Crippen LogP contribution < -0.4 is 5.11 Å². The van der Waals surface area contributed by atoms with Crippen LogP contribution in [-0.4, -0.2) is 62.1 Å². The van der Waals surface area contributed by atoms with Crippen molar-refractivity contribution in [2.45, 2.75) is 30.6 Å². The number of rotatable bonds is 8. The lowest BCUT2D eigenvalue weighted by molar-refractivity contribution is -0.712. The number of aliphatic hydroxyl groups excluding tert-OH is 1. The van der Waals surface area contributed by atoms with Crippen molar-refractivity contribution in [1.29, 1.82) is 0 Å². The lowest BCUT2D eigenvalue weighted by Gasteiger charge is -2.40. The van der Waals surface area contributed by atoms with E-state index in [1.54, 1.807) is 0 Å². The highest BCUT2D eigenvalue weighted by Crippen LogP contribution is 2.30. The van der Waals surface area contributed by atoms with Crippen LogP contribution in [0.25, 0.3) is 0 Å². The maximum absolute atomic E-state index is 12.3. The zero-order valence-corrected chi connectivity index (χ0v) is 11.1. The highest BCUT2D eigenvalue weighted by atomic mass is 17.0. The Bertz CT molecular complexity index is 334. The van der Waals surface area contributed by atoms with E-state index in [2.05, 4.69) is 13.2 Å². The van der Waals surface area contributed by atoms with Gasteiger partial charge in [-0.3, -0.25) is 0 Å². The fourth-order valence-electron chi connectivity index (χ4n) is 2.16. The van der Waals surface area contributed by atoms with Gasteiger partial charge in [0, 0.05) is 0 Å². The van der Waals surface area contributed by atoms with E-state index in [-0.39, 0.29) is 26.4 Å². The fourth-order valence-corrected chi connectivity index (χ4v) is 2.16. The van der Waals surface area contributed by atoms with Crippen molar-refractivity contribution in [2.75, 3.05) is 26.4 Å². The first-order valence-electron chi connectivity index (χ1n) is 6.39. The molecule has 7 nitrogen and oxygen atoms in total. The molecule has 114 valence electrons. The van der Waals surface area contributed by atoms with E-state index < -0.39 is 30.6 Å². The van der Waals surface area contributed by atoms with Gasteiger partial charge in [0.15, 0.2) is 0 Å². The van der Waals surface area contributed by atoms with E-state index in [4.69, 9.17) is 23.7 Å². The molecule has 1 N–H and O–H groups in total. The Morgan fingerprint density at radius 2 is 1.75 bits per heavy atom. The Morgan fingerprint density at radius 3 is 2.35 bits per heavy atom. The second kappa shape index (κ2) is 6.77. The van der Waals surface area contributed by atoms with Gasteiger partial charge in [-0.15, -0.1) is 13.2 Å². The summed E-state index contributed by atoms with van der Waals surface area (Å²) >= 11 is 0. The minimum absolute atomic E-state index is 0.0220. The predicted octanol–water partition coefficient (Wildman–Crippen LogP) is -1.09. The van der Waals surface area contributed by atoms with Crippen LogP contribution in [0.1, 0.15) is 0 Å². The monoisotopic (exact) mass is 287 g/mol. The molecular weight excluding hydrogens is 268 g/mol. The van der Waals surface area contributed by atoms with E-state index in [9.17, 15) is 10.2 Å². The van der Waals surface area contributed by atoms with Crippen LogP contribution in [0.15, 0.2) is 25.3 Å². The van der Waals surface area contributed by atoms with Gasteiger partial charge >= 0.3 is 0 Å². The molecule has 2 saturated heterocycles. The van der Waals surface area contributed by atoms with Gasteiger partial charge in [0.25, 0.3) is 0 Å². The average Bonchev–Trinajstić information content (AvgIpc) is 2.99. The minimum atomic E-state index is -2.48. The third-order valence-corrected chi connectivity index (χ3v) is 3.03.